The molecule has 2 aromatic heterocycles. The first-order valence-electron chi connectivity index (χ1n) is 6.69. The van der Waals surface area contributed by atoms with Crippen molar-refractivity contribution in [1.29, 1.82) is 0 Å². The molecule has 118 valence electrons. The van der Waals surface area contributed by atoms with E-state index in [0.29, 0.717) is 9.80 Å². The second kappa shape index (κ2) is 7.29. The lowest BCUT2D eigenvalue weighted by molar-refractivity contribution is 0.0995. The molecule has 0 bridgehead atoms. The van der Waals surface area contributed by atoms with Crippen molar-refractivity contribution in [2.24, 2.45) is 0 Å². The maximum atomic E-state index is 12.0. The van der Waals surface area contributed by atoms with E-state index in [1.807, 2.05) is 12.1 Å². The fourth-order valence-electron chi connectivity index (χ4n) is 1.83. The fraction of sp³-hybridized carbons (Fsp3) is 0.133. The lowest BCUT2D eigenvalue weighted by atomic mass is 10.1. The van der Waals surface area contributed by atoms with Crippen LogP contribution in [0.2, 0.25) is 0 Å². The Morgan fingerprint density at radius 3 is 2.87 bits per heavy atom. The summed E-state index contributed by atoms with van der Waals surface area (Å²) in [5.41, 5.74) is 2.51. The molecule has 0 saturated carbocycles. The van der Waals surface area contributed by atoms with Gasteiger partial charge in [0.05, 0.1) is 0 Å². The number of carbonyl (C=O) groups excluding carboxylic acids is 1. The van der Waals surface area contributed by atoms with Gasteiger partial charge in [0.15, 0.2) is 14.8 Å². The molecule has 0 aliphatic heterocycles. The summed E-state index contributed by atoms with van der Waals surface area (Å²) in [6, 6.07) is 11.5. The number of aryl methyl sites for hydroxylation is 1. The molecule has 0 unspecified atom stereocenters. The molecule has 1 aromatic carbocycles. The number of nitrogens with zero attached hydrogens (tertiary/aromatic N) is 2. The van der Waals surface area contributed by atoms with Crippen LogP contribution < -0.4 is 5.32 Å². The van der Waals surface area contributed by atoms with Gasteiger partial charge in [0, 0.05) is 5.75 Å². The third-order valence-corrected chi connectivity index (χ3v) is 5.48. The summed E-state index contributed by atoms with van der Waals surface area (Å²) in [7, 11) is 0. The maximum Gasteiger partial charge on any atom is 0.293 e. The van der Waals surface area contributed by atoms with Crippen molar-refractivity contribution < 1.29 is 9.21 Å². The number of anilines is 1. The highest BCUT2D eigenvalue weighted by molar-refractivity contribution is 9.10. The molecule has 5 nitrogen and oxygen atoms in total. The van der Waals surface area contributed by atoms with Crippen molar-refractivity contribution in [3.63, 3.8) is 0 Å². The van der Waals surface area contributed by atoms with E-state index in [4.69, 9.17) is 4.42 Å². The van der Waals surface area contributed by atoms with E-state index in [9.17, 15) is 4.79 Å². The Hall–Kier alpha value is -1.64. The largest absolute Gasteiger partial charge is 0.444 e. The highest BCUT2D eigenvalue weighted by atomic mass is 79.9. The summed E-state index contributed by atoms with van der Waals surface area (Å²) in [5, 5.41) is 11.2. The first kappa shape index (κ1) is 16.2. The van der Waals surface area contributed by atoms with Gasteiger partial charge in [-0.1, -0.05) is 47.4 Å². The van der Waals surface area contributed by atoms with Crippen LogP contribution in [0.1, 0.15) is 21.7 Å². The third-order valence-electron chi connectivity index (χ3n) is 3.04. The van der Waals surface area contributed by atoms with Gasteiger partial charge in [0.2, 0.25) is 5.13 Å². The van der Waals surface area contributed by atoms with E-state index in [1.54, 1.807) is 23.9 Å². The molecule has 1 N–H and O–H groups in total. The number of halogens is 1. The van der Waals surface area contributed by atoms with Gasteiger partial charge in [0.25, 0.3) is 5.91 Å². The SMILES string of the molecule is Cc1ccccc1CSc1nnc(NC(=O)c2ccc(Br)o2)s1. The monoisotopic (exact) mass is 409 g/mol. The van der Waals surface area contributed by atoms with E-state index in [-0.39, 0.29) is 11.7 Å². The Bertz CT molecular complexity index is 832. The number of carbonyl (C=O) groups is 1. The topological polar surface area (TPSA) is 68.0 Å². The molecule has 0 spiro atoms. The molecule has 0 aliphatic rings. The predicted molar refractivity (Wildman–Crippen MR) is 95.0 cm³/mol. The Morgan fingerprint density at radius 1 is 1.30 bits per heavy atom. The zero-order valence-corrected chi connectivity index (χ0v) is 15.3. The Morgan fingerprint density at radius 2 is 2.13 bits per heavy atom. The number of hydrogen-bond acceptors (Lipinski definition) is 6. The molecule has 0 atom stereocenters. The van der Waals surface area contributed by atoms with Crippen LogP contribution in [0.15, 0.2) is 49.8 Å². The number of amides is 1. The van der Waals surface area contributed by atoms with Crippen LogP contribution in [-0.2, 0) is 5.75 Å². The van der Waals surface area contributed by atoms with E-state index >= 15 is 0 Å². The zero-order chi connectivity index (χ0) is 16.2. The van der Waals surface area contributed by atoms with E-state index in [1.165, 1.54) is 22.5 Å². The van der Waals surface area contributed by atoms with Gasteiger partial charge in [-0.05, 0) is 46.1 Å². The minimum absolute atomic E-state index is 0.223. The summed E-state index contributed by atoms with van der Waals surface area (Å²) in [5.74, 6) is 0.698. The summed E-state index contributed by atoms with van der Waals surface area (Å²) in [6.07, 6.45) is 0. The van der Waals surface area contributed by atoms with E-state index in [0.717, 1.165) is 10.1 Å². The van der Waals surface area contributed by atoms with Gasteiger partial charge in [-0.15, -0.1) is 10.2 Å². The Labute approximate surface area is 149 Å². The lowest BCUT2D eigenvalue weighted by Crippen LogP contribution is -2.10. The van der Waals surface area contributed by atoms with Gasteiger partial charge in [0.1, 0.15) is 0 Å². The van der Waals surface area contributed by atoms with Crippen LogP contribution in [0.3, 0.4) is 0 Å². The number of hydrogen-bond donors (Lipinski definition) is 1. The summed E-state index contributed by atoms with van der Waals surface area (Å²) >= 11 is 6.10. The van der Waals surface area contributed by atoms with Crippen molar-refractivity contribution in [1.82, 2.24) is 10.2 Å². The normalized spacial score (nSPS) is 10.7. The molecule has 2 heterocycles. The maximum absolute atomic E-state index is 12.0. The Balaban J connectivity index is 1.60. The van der Waals surface area contributed by atoms with Crippen LogP contribution in [0.25, 0.3) is 0 Å². The summed E-state index contributed by atoms with van der Waals surface area (Å²) < 4.78 is 6.52. The minimum atomic E-state index is -0.345. The van der Waals surface area contributed by atoms with Gasteiger partial charge < -0.3 is 4.42 Å². The molecule has 3 aromatic rings. The molecular formula is C15H12BrN3O2S2. The molecule has 3 rings (SSSR count). The first-order valence-corrected chi connectivity index (χ1v) is 9.29. The van der Waals surface area contributed by atoms with E-state index < -0.39 is 0 Å². The van der Waals surface area contributed by atoms with Gasteiger partial charge in [-0.2, -0.15) is 0 Å². The minimum Gasteiger partial charge on any atom is -0.444 e. The van der Waals surface area contributed by atoms with Crippen molar-refractivity contribution in [3.8, 4) is 0 Å². The molecular weight excluding hydrogens is 398 g/mol. The molecule has 0 aliphatic carbocycles. The second-order valence-corrected chi connectivity index (χ2v) is 7.63. The van der Waals surface area contributed by atoms with Gasteiger partial charge in [-0.3, -0.25) is 10.1 Å². The zero-order valence-electron chi connectivity index (χ0n) is 12.1. The molecule has 8 heteroatoms. The van der Waals surface area contributed by atoms with Crippen LogP contribution in [-0.4, -0.2) is 16.1 Å². The number of nitrogens with one attached hydrogen (secondary N) is 1. The molecule has 0 fully saturated rings. The highest BCUT2D eigenvalue weighted by Crippen LogP contribution is 2.29. The van der Waals surface area contributed by atoms with Crippen molar-refractivity contribution in [3.05, 3.63) is 58.0 Å². The standard InChI is InChI=1S/C15H12BrN3O2S2/c1-9-4-2-3-5-10(9)8-22-15-19-18-14(23-15)17-13(20)11-6-7-12(16)21-11/h2-7H,8H2,1H3,(H,17,18,20). The predicted octanol–water partition coefficient (Wildman–Crippen LogP) is 4.75. The Kier molecular flexibility index (Phi) is 5.14. The molecule has 1 amide bonds. The quantitative estimate of drug-likeness (QED) is 0.486. The average Bonchev–Trinajstić information content (AvgIpc) is 3.15. The first-order chi connectivity index (χ1) is 11.1. The average molecular weight is 410 g/mol. The van der Waals surface area contributed by atoms with Gasteiger partial charge >= 0.3 is 0 Å². The van der Waals surface area contributed by atoms with E-state index in [2.05, 4.69) is 50.5 Å². The number of furan rings is 1. The van der Waals surface area contributed by atoms with Gasteiger partial charge in [-0.25, -0.2) is 0 Å². The lowest BCUT2D eigenvalue weighted by Gasteiger charge is -2.02. The van der Waals surface area contributed by atoms with Crippen molar-refractivity contribution >= 4 is 50.1 Å². The number of rotatable bonds is 5. The van der Waals surface area contributed by atoms with Crippen LogP contribution in [0, 0.1) is 6.92 Å². The second-order valence-electron chi connectivity index (χ2n) is 4.65. The van der Waals surface area contributed by atoms with Crippen LogP contribution in [0.5, 0.6) is 0 Å². The number of aromatic nitrogens is 2. The fourth-order valence-corrected chi connectivity index (χ4v) is 3.95. The molecule has 0 saturated heterocycles. The number of thioether (sulfide) groups is 1. The highest BCUT2D eigenvalue weighted by Gasteiger charge is 2.14. The van der Waals surface area contributed by atoms with Crippen LogP contribution >= 0.6 is 39.0 Å². The van der Waals surface area contributed by atoms with Crippen LogP contribution in [0.4, 0.5) is 5.13 Å². The molecule has 23 heavy (non-hydrogen) atoms. The summed E-state index contributed by atoms with van der Waals surface area (Å²) in [4.78, 5) is 12.0. The summed E-state index contributed by atoms with van der Waals surface area (Å²) in [6.45, 7) is 2.09. The number of benzene rings is 1. The molecule has 0 radical (unpaired) electrons. The van der Waals surface area contributed by atoms with Crippen molar-refractivity contribution in [2.75, 3.05) is 5.32 Å². The smallest absolute Gasteiger partial charge is 0.293 e. The van der Waals surface area contributed by atoms with Crippen molar-refractivity contribution in [2.45, 2.75) is 17.0 Å². The third kappa shape index (κ3) is 4.21.